The number of carbonyl (C=O) groups is 1. The number of H-pyrrole nitrogens is 1. The van der Waals surface area contributed by atoms with E-state index in [1.54, 1.807) is 29.0 Å². The Morgan fingerprint density at radius 3 is 2.80 bits per heavy atom. The first kappa shape index (κ1) is 12.9. The zero-order valence-corrected chi connectivity index (χ0v) is 11.6. The minimum Gasteiger partial charge on any atom is -0.506 e. The van der Waals surface area contributed by atoms with Gasteiger partial charge in [0.25, 0.3) is 5.56 Å². The van der Waals surface area contributed by atoms with Crippen LogP contribution >= 0.6 is 22.9 Å². The minimum atomic E-state index is -0.631. The van der Waals surface area contributed by atoms with E-state index >= 15 is 0 Å². The van der Waals surface area contributed by atoms with Crippen LogP contribution in [0.2, 0.25) is 5.02 Å². The van der Waals surface area contributed by atoms with Gasteiger partial charge in [-0.2, -0.15) is 11.3 Å². The van der Waals surface area contributed by atoms with Gasteiger partial charge in [-0.15, -0.1) is 0 Å². The molecule has 2 aromatic heterocycles. The van der Waals surface area contributed by atoms with Crippen molar-refractivity contribution in [2.45, 2.75) is 0 Å². The number of ketones is 1. The second-order valence-electron chi connectivity index (χ2n) is 4.21. The molecule has 0 saturated heterocycles. The van der Waals surface area contributed by atoms with Crippen molar-refractivity contribution in [3.63, 3.8) is 0 Å². The van der Waals surface area contributed by atoms with E-state index in [0.29, 0.717) is 21.5 Å². The highest BCUT2D eigenvalue weighted by Crippen LogP contribution is 2.28. The van der Waals surface area contributed by atoms with Crippen LogP contribution in [-0.4, -0.2) is 15.9 Å². The summed E-state index contributed by atoms with van der Waals surface area (Å²) in [6.07, 6.45) is 0. The van der Waals surface area contributed by atoms with Gasteiger partial charge >= 0.3 is 0 Å². The zero-order valence-electron chi connectivity index (χ0n) is 10.0. The van der Waals surface area contributed by atoms with Crippen LogP contribution in [-0.2, 0) is 0 Å². The van der Waals surface area contributed by atoms with Gasteiger partial charge in [-0.1, -0.05) is 11.6 Å². The smallest absolute Gasteiger partial charge is 0.263 e. The molecule has 0 aliphatic rings. The third-order valence-corrected chi connectivity index (χ3v) is 3.88. The van der Waals surface area contributed by atoms with Crippen LogP contribution in [0.1, 0.15) is 15.9 Å². The monoisotopic (exact) mass is 305 g/mol. The predicted molar refractivity (Wildman–Crippen MR) is 79.0 cm³/mol. The number of aromatic nitrogens is 1. The summed E-state index contributed by atoms with van der Waals surface area (Å²) in [5.41, 5.74) is -0.113. The molecule has 0 unspecified atom stereocenters. The quantitative estimate of drug-likeness (QED) is 0.714. The molecular weight excluding hydrogens is 298 g/mol. The van der Waals surface area contributed by atoms with E-state index in [1.165, 1.54) is 17.4 Å². The zero-order chi connectivity index (χ0) is 14.3. The Kier molecular flexibility index (Phi) is 3.08. The van der Waals surface area contributed by atoms with Crippen LogP contribution in [0.4, 0.5) is 0 Å². The molecule has 0 radical (unpaired) electrons. The van der Waals surface area contributed by atoms with E-state index in [2.05, 4.69) is 4.98 Å². The number of carbonyl (C=O) groups excluding carboxylic acids is 1. The molecule has 4 nitrogen and oxygen atoms in total. The Morgan fingerprint density at radius 2 is 2.10 bits per heavy atom. The molecular formula is C14H8ClNO3S. The molecule has 20 heavy (non-hydrogen) atoms. The standard InChI is InChI=1S/C14H8ClNO3S/c15-8-1-2-9-10(5-8)16-14(19)11(13(9)18)12(17)7-3-4-20-6-7/h1-6H,(H2,16,18,19). The van der Waals surface area contributed by atoms with Crippen molar-refractivity contribution in [3.05, 3.63) is 61.5 Å². The predicted octanol–water partition coefficient (Wildman–Crippen LogP) is 3.18. The lowest BCUT2D eigenvalue weighted by atomic mass is 10.0. The summed E-state index contributed by atoms with van der Waals surface area (Å²) in [6, 6.07) is 6.28. The summed E-state index contributed by atoms with van der Waals surface area (Å²) < 4.78 is 0. The van der Waals surface area contributed by atoms with Gasteiger partial charge in [0.15, 0.2) is 0 Å². The number of hydrogen-bond donors (Lipinski definition) is 2. The first-order chi connectivity index (χ1) is 9.58. The molecule has 0 atom stereocenters. The van der Waals surface area contributed by atoms with Crippen molar-refractivity contribution in [3.8, 4) is 5.75 Å². The Bertz CT molecular complexity index is 868. The summed E-state index contributed by atoms with van der Waals surface area (Å²) in [5, 5.41) is 14.4. The molecule has 0 saturated carbocycles. The number of aromatic hydroxyl groups is 1. The van der Waals surface area contributed by atoms with Gasteiger partial charge in [0.1, 0.15) is 11.3 Å². The molecule has 0 bridgehead atoms. The van der Waals surface area contributed by atoms with E-state index < -0.39 is 11.3 Å². The number of rotatable bonds is 2. The highest BCUT2D eigenvalue weighted by Gasteiger charge is 2.20. The Labute approximate surface area is 122 Å². The molecule has 3 rings (SSSR count). The van der Waals surface area contributed by atoms with Gasteiger partial charge in [-0.05, 0) is 29.6 Å². The maximum atomic E-state index is 12.3. The fourth-order valence-electron chi connectivity index (χ4n) is 2.00. The van der Waals surface area contributed by atoms with Crippen LogP contribution in [0, 0.1) is 0 Å². The fraction of sp³-hybridized carbons (Fsp3) is 0. The first-order valence-corrected chi connectivity index (χ1v) is 7.01. The molecule has 100 valence electrons. The molecule has 2 N–H and O–H groups in total. The van der Waals surface area contributed by atoms with E-state index in [-0.39, 0.29) is 11.3 Å². The van der Waals surface area contributed by atoms with E-state index in [0.717, 1.165) is 0 Å². The molecule has 6 heteroatoms. The molecule has 3 aromatic rings. The lowest BCUT2D eigenvalue weighted by Gasteiger charge is -2.06. The lowest BCUT2D eigenvalue weighted by Crippen LogP contribution is -2.18. The van der Waals surface area contributed by atoms with Gasteiger partial charge in [0, 0.05) is 21.4 Å². The molecule has 0 spiro atoms. The number of pyridine rings is 1. The minimum absolute atomic E-state index is 0.252. The molecule has 1 aromatic carbocycles. The first-order valence-electron chi connectivity index (χ1n) is 5.69. The Hall–Kier alpha value is -2.11. The normalized spacial score (nSPS) is 10.8. The van der Waals surface area contributed by atoms with Crippen molar-refractivity contribution in [2.75, 3.05) is 0 Å². The SMILES string of the molecule is O=C(c1ccsc1)c1c(O)c2ccc(Cl)cc2[nH]c1=O. The molecule has 0 amide bonds. The number of benzene rings is 1. The second-order valence-corrected chi connectivity index (χ2v) is 5.43. The van der Waals surface area contributed by atoms with Crippen molar-refractivity contribution >= 4 is 39.6 Å². The van der Waals surface area contributed by atoms with Crippen molar-refractivity contribution in [2.24, 2.45) is 0 Å². The summed E-state index contributed by atoms with van der Waals surface area (Å²) in [4.78, 5) is 26.9. The number of nitrogens with one attached hydrogen (secondary N) is 1. The van der Waals surface area contributed by atoms with Crippen LogP contribution in [0.25, 0.3) is 10.9 Å². The number of hydrogen-bond acceptors (Lipinski definition) is 4. The fourth-order valence-corrected chi connectivity index (χ4v) is 2.81. The summed E-state index contributed by atoms with van der Waals surface area (Å²) in [5.74, 6) is -0.821. The summed E-state index contributed by atoms with van der Waals surface area (Å²) >= 11 is 7.19. The van der Waals surface area contributed by atoms with E-state index in [4.69, 9.17) is 11.6 Å². The van der Waals surface area contributed by atoms with Crippen LogP contribution in [0.5, 0.6) is 5.75 Å². The maximum Gasteiger partial charge on any atom is 0.263 e. The highest BCUT2D eigenvalue weighted by molar-refractivity contribution is 7.08. The third kappa shape index (κ3) is 2.01. The lowest BCUT2D eigenvalue weighted by molar-refractivity contribution is 0.103. The van der Waals surface area contributed by atoms with Crippen molar-refractivity contribution in [1.29, 1.82) is 0 Å². The molecule has 0 aliphatic carbocycles. The Balaban J connectivity index is 2.29. The average Bonchev–Trinajstić information content (AvgIpc) is 2.91. The van der Waals surface area contributed by atoms with Gasteiger partial charge < -0.3 is 10.1 Å². The maximum absolute atomic E-state index is 12.3. The van der Waals surface area contributed by atoms with Crippen LogP contribution in [0.3, 0.4) is 0 Å². The number of aromatic amines is 1. The van der Waals surface area contributed by atoms with Gasteiger partial charge in [0.05, 0.1) is 5.52 Å². The third-order valence-electron chi connectivity index (χ3n) is 2.96. The average molecular weight is 306 g/mol. The second kappa shape index (κ2) is 4.77. The van der Waals surface area contributed by atoms with Gasteiger partial charge in [0.2, 0.25) is 5.78 Å². The van der Waals surface area contributed by atoms with E-state index in [9.17, 15) is 14.7 Å². The molecule has 2 heterocycles. The van der Waals surface area contributed by atoms with Gasteiger partial charge in [-0.25, -0.2) is 0 Å². The summed E-state index contributed by atoms with van der Waals surface area (Å²) in [7, 11) is 0. The Morgan fingerprint density at radius 1 is 1.30 bits per heavy atom. The number of halogens is 1. The molecule has 0 fully saturated rings. The molecule has 0 aliphatic heterocycles. The largest absolute Gasteiger partial charge is 0.506 e. The van der Waals surface area contributed by atoms with Crippen molar-refractivity contribution < 1.29 is 9.90 Å². The topological polar surface area (TPSA) is 70.2 Å². The van der Waals surface area contributed by atoms with Crippen LogP contribution < -0.4 is 5.56 Å². The van der Waals surface area contributed by atoms with Crippen LogP contribution in [0.15, 0.2) is 39.8 Å². The number of thiophene rings is 1. The van der Waals surface area contributed by atoms with Gasteiger partial charge in [-0.3, -0.25) is 9.59 Å². The highest BCUT2D eigenvalue weighted by atomic mass is 35.5. The summed E-state index contributed by atoms with van der Waals surface area (Å²) in [6.45, 7) is 0. The van der Waals surface area contributed by atoms with E-state index in [1.807, 2.05) is 0 Å². The number of fused-ring (bicyclic) bond motifs is 1. The van der Waals surface area contributed by atoms with Crippen molar-refractivity contribution in [1.82, 2.24) is 4.98 Å².